The first kappa shape index (κ1) is 26.2. The molecule has 2 amide bonds. The minimum Gasteiger partial charge on any atom is -0.497 e. The molecule has 1 heterocycles. The Morgan fingerprint density at radius 3 is 2.49 bits per heavy atom. The number of carbonyl (C=O) groups is 2. The lowest BCUT2D eigenvalue weighted by molar-refractivity contribution is -0.142. The van der Waals surface area contributed by atoms with Gasteiger partial charge in [-0.3, -0.25) is 9.59 Å². The number of nitrogens with one attached hydrogen (secondary N) is 1. The summed E-state index contributed by atoms with van der Waals surface area (Å²) < 4.78 is 12.8. The number of amides is 2. The molecule has 9 heteroatoms. The van der Waals surface area contributed by atoms with Crippen LogP contribution in [0.5, 0.6) is 11.5 Å². The Labute approximate surface area is 227 Å². The molecule has 1 saturated carbocycles. The van der Waals surface area contributed by atoms with E-state index in [1.165, 1.54) is 0 Å². The zero-order chi connectivity index (χ0) is 27.2. The van der Waals surface area contributed by atoms with E-state index >= 15 is 0 Å². The fourth-order valence-corrected chi connectivity index (χ4v) is 5.21. The van der Waals surface area contributed by atoms with Crippen LogP contribution >= 0.6 is 0 Å². The summed E-state index contributed by atoms with van der Waals surface area (Å²) in [6, 6.07) is 21.6. The van der Waals surface area contributed by atoms with Crippen LogP contribution in [-0.4, -0.2) is 52.0 Å². The molecule has 1 unspecified atom stereocenters. The lowest BCUT2D eigenvalue weighted by Gasteiger charge is -2.33. The van der Waals surface area contributed by atoms with Crippen LogP contribution in [0.25, 0.3) is 11.0 Å². The summed E-state index contributed by atoms with van der Waals surface area (Å²) >= 11 is 0. The van der Waals surface area contributed by atoms with E-state index in [1.807, 2.05) is 54.6 Å². The normalized spacial score (nSPS) is 14.2. The highest BCUT2D eigenvalue weighted by atomic mass is 16.5. The van der Waals surface area contributed by atoms with E-state index in [-0.39, 0.29) is 30.9 Å². The number of methoxy groups -OCH3 is 2. The van der Waals surface area contributed by atoms with E-state index < -0.39 is 6.04 Å². The Morgan fingerprint density at radius 2 is 1.74 bits per heavy atom. The van der Waals surface area contributed by atoms with Gasteiger partial charge in [0, 0.05) is 18.2 Å². The first-order valence-electron chi connectivity index (χ1n) is 13.2. The maximum atomic E-state index is 14.2. The van der Waals surface area contributed by atoms with Crippen molar-refractivity contribution in [2.45, 2.75) is 50.9 Å². The lowest BCUT2D eigenvalue weighted by atomic mass is 10.0. The zero-order valence-electron chi connectivity index (χ0n) is 22.2. The standard InChI is InChI=1S/C30H33N5O4/c1-38-23-16-17-27(39-2)24(18-23)29(30(37)31-22-12-6-7-13-22)34(19-21-10-4-3-5-11-21)28(36)20-35-26-15-9-8-14-25(26)32-33-35/h3-5,8-11,14-18,22,29H,6-7,12-13,19-20H2,1-2H3,(H,31,37). The fourth-order valence-electron chi connectivity index (χ4n) is 5.21. The Balaban J connectivity index is 1.58. The van der Waals surface area contributed by atoms with Crippen LogP contribution in [0.2, 0.25) is 0 Å². The minimum absolute atomic E-state index is 0.0736. The van der Waals surface area contributed by atoms with Crippen LogP contribution in [0, 0.1) is 0 Å². The van der Waals surface area contributed by atoms with E-state index in [2.05, 4.69) is 15.6 Å². The van der Waals surface area contributed by atoms with E-state index in [4.69, 9.17) is 9.47 Å². The third-order valence-electron chi connectivity index (χ3n) is 7.21. The number of benzene rings is 3. The van der Waals surface area contributed by atoms with Crippen molar-refractivity contribution in [2.24, 2.45) is 0 Å². The van der Waals surface area contributed by atoms with Gasteiger partial charge in [-0.15, -0.1) is 5.10 Å². The van der Waals surface area contributed by atoms with Gasteiger partial charge in [0.15, 0.2) is 0 Å². The van der Waals surface area contributed by atoms with Gasteiger partial charge < -0.3 is 19.7 Å². The number of hydrogen-bond acceptors (Lipinski definition) is 6. The van der Waals surface area contributed by atoms with Crippen molar-refractivity contribution in [3.8, 4) is 11.5 Å². The Hall–Kier alpha value is -4.40. The first-order chi connectivity index (χ1) is 19.1. The van der Waals surface area contributed by atoms with Gasteiger partial charge in [-0.2, -0.15) is 0 Å². The van der Waals surface area contributed by atoms with Gasteiger partial charge in [0.25, 0.3) is 0 Å². The third kappa shape index (κ3) is 5.87. The van der Waals surface area contributed by atoms with Gasteiger partial charge >= 0.3 is 0 Å². The molecular formula is C30H33N5O4. The molecule has 1 aliphatic rings. The SMILES string of the molecule is COc1ccc(OC)c(C(C(=O)NC2CCCC2)N(Cc2ccccc2)C(=O)Cn2nnc3ccccc32)c1. The van der Waals surface area contributed by atoms with Gasteiger partial charge in [-0.25, -0.2) is 4.68 Å². The lowest BCUT2D eigenvalue weighted by Crippen LogP contribution is -2.46. The van der Waals surface area contributed by atoms with Gasteiger partial charge in [0.1, 0.15) is 29.6 Å². The average Bonchev–Trinajstić information content (AvgIpc) is 3.63. The van der Waals surface area contributed by atoms with Crippen LogP contribution in [0.15, 0.2) is 72.8 Å². The van der Waals surface area contributed by atoms with Crippen molar-refractivity contribution >= 4 is 22.8 Å². The maximum absolute atomic E-state index is 14.2. The minimum atomic E-state index is -0.960. The summed E-state index contributed by atoms with van der Waals surface area (Å²) in [5.74, 6) is 0.547. The van der Waals surface area contributed by atoms with Crippen LogP contribution in [0.3, 0.4) is 0 Å². The predicted octanol–water partition coefficient (Wildman–Crippen LogP) is 4.28. The number of fused-ring (bicyclic) bond motifs is 1. The van der Waals surface area contributed by atoms with Crippen molar-refractivity contribution in [1.82, 2.24) is 25.2 Å². The fraction of sp³-hybridized carbons (Fsp3) is 0.333. The molecular weight excluding hydrogens is 494 g/mol. The molecule has 0 saturated heterocycles. The van der Waals surface area contributed by atoms with Crippen LogP contribution in [0.4, 0.5) is 0 Å². The Kier molecular flexibility index (Phi) is 8.05. The topological polar surface area (TPSA) is 98.6 Å². The van der Waals surface area contributed by atoms with Crippen molar-refractivity contribution in [2.75, 3.05) is 14.2 Å². The first-order valence-corrected chi connectivity index (χ1v) is 13.2. The summed E-state index contributed by atoms with van der Waals surface area (Å²) in [4.78, 5) is 29.8. The largest absolute Gasteiger partial charge is 0.497 e. The van der Waals surface area contributed by atoms with Crippen molar-refractivity contribution in [3.05, 3.63) is 83.9 Å². The second-order valence-corrected chi connectivity index (χ2v) is 9.74. The van der Waals surface area contributed by atoms with Gasteiger partial charge in [0.05, 0.1) is 19.7 Å². The smallest absolute Gasteiger partial charge is 0.247 e. The monoisotopic (exact) mass is 527 g/mol. The summed E-state index contributed by atoms with van der Waals surface area (Å²) in [6.45, 7) is 0.141. The molecule has 0 spiro atoms. The number of carbonyl (C=O) groups excluding carboxylic acids is 2. The molecule has 1 N–H and O–H groups in total. The number of nitrogens with zero attached hydrogens (tertiary/aromatic N) is 4. The maximum Gasteiger partial charge on any atom is 0.247 e. The van der Waals surface area contributed by atoms with Gasteiger partial charge in [-0.1, -0.05) is 60.5 Å². The molecule has 1 atom stereocenters. The van der Waals surface area contributed by atoms with Gasteiger partial charge in [0.2, 0.25) is 11.8 Å². The molecule has 5 rings (SSSR count). The second-order valence-electron chi connectivity index (χ2n) is 9.74. The molecule has 202 valence electrons. The average molecular weight is 528 g/mol. The molecule has 1 fully saturated rings. The Morgan fingerprint density at radius 1 is 1.00 bits per heavy atom. The molecule has 9 nitrogen and oxygen atoms in total. The van der Waals surface area contributed by atoms with E-state index in [9.17, 15) is 9.59 Å². The van der Waals surface area contributed by atoms with Crippen molar-refractivity contribution < 1.29 is 19.1 Å². The van der Waals surface area contributed by atoms with Crippen molar-refractivity contribution in [1.29, 1.82) is 0 Å². The number of rotatable bonds is 10. The molecule has 0 aliphatic heterocycles. The van der Waals surface area contributed by atoms with Crippen LogP contribution < -0.4 is 14.8 Å². The second kappa shape index (κ2) is 12.0. The molecule has 0 radical (unpaired) electrons. The van der Waals surface area contributed by atoms with E-state index in [0.717, 1.165) is 36.8 Å². The van der Waals surface area contributed by atoms with Crippen molar-refractivity contribution in [3.63, 3.8) is 0 Å². The molecule has 3 aromatic carbocycles. The summed E-state index contributed by atoms with van der Waals surface area (Å²) in [6.07, 6.45) is 3.99. The summed E-state index contributed by atoms with van der Waals surface area (Å²) in [5, 5.41) is 11.6. The summed E-state index contributed by atoms with van der Waals surface area (Å²) in [7, 11) is 3.13. The predicted molar refractivity (Wildman–Crippen MR) is 147 cm³/mol. The molecule has 1 aliphatic carbocycles. The van der Waals surface area contributed by atoms with Crippen LogP contribution in [0.1, 0.15) is 42.9 Å². The third-order valence-corrected chi connectivity index (χ3v) is 7.21. The highest BCUT2D eigenvalue weighted by Gasteiger charge is 2.36. The highest BCUT2D eigenvalue weighted by Crippen LogP contribution is 2.35. The number of aromatic nitrogens is 3. The zero-order valence-corrected chi connectivity index (χ0v) is 22.2. The van der Waals surface area contributed by atoms with E-state index in [0.29, 0.717) is 22.6 Å². The van der Waals surface area contributed by atoms with Gasteiger partial charge in [-0.05, 0) is 48.7 Å². The Bertz CT molecular complexity index is 1430. The number of ether oxygens (including phenoxy) is 2. The highest BCUT2D eigenvalue weighted by molar-refractivity contribution is 5.90. The number of para-hydroxylation sites is 1. The molecule has 0 bridgehead atoms. The summed E-state index contributed by atoms with van der Waals surface area (Å²) in [5.41, 5.74) is 2.90. The van der Waals surface area contributed by atoms with E-state index in [1.54, 1.807) is 42.0 Å². The molecule has 4 aromatic rings. The quantitative estimate of drug-likeness (QED) is 0.331. The molecule has 39 heavy (non-hydrogen) atoms. The van der Waals surface area contributed by atoms with Crippen LogP contribution in [-0.2, 0) is 22.7 Å². The molecule has 1 aromatic heterocycles. The number of hydrogen-bond donors (Lipinski definition) is 1.